The van der Waals surface area contributed by atoms with Gasteiger partial charge in [0.05, 0.1) is 6.42 Å². The van der Waals surface area contributed by atoms with Crippen LogP contribution in [-0.2, 0) is 9.59 Å². The first kappa shape index (κ1) is 15.7. The van der Waals surface area contributed by atoms with Crippen LogP contribution in [0.15, 0.2) is 0 Å². The van der Waals surface area contributed by atoms with Crippen molar-refractivity contribution in [3.8, 4) is 0 Å². The molecule has 0 fully saturated rings. The minimum Gasteiger partial charge on any atom is -0.481 e. The van der Waals surface area contributed by atoms with Crippen LogP contribution in [0.2, 0.25) is 0 Å². The van der Waals surface area contributed by atoms with Crippen LogP contribution in [0.1, 0.15) is 39.0 Å². The zero-order chi connectivity index (χ0) is 13.5. The number of amides is 1. The lowest BCUT2D eigenvalue weighted by atomic mass is 10.1. The van der Waals surface area contributed by atoms with Gasteiger partial charge in [-0.3, -0.25) is 9.59 Å². The fourth-order valence-electron chi connectivity index (χ4n) is 1.31. The predicted octanol–water partition coefficient (Wildman–Crippen LogP) is 2.09. The van der Waals surface area contributed by atoms with E-state index in [-0.39, 0.29) is 12.8 Å². The van der Waals surface area contributed by atoms with Gasteiger partial charge in [-0.05, 0) is 19.8 Å². The van der Waals surface area contributed by atoms with Gasteiger partial charge in [0, 0.05) is 18.9 Å². The first-order valence-corrected chi connectivity index (χ1v) is 5.28. The normalized spacial score (nSPS) is 13.2. The van der Waals surface area contributed by atoms with Crippen LogP contribution in [0.25, 0.3) is 0 Å². The molecular formula is C10H16F3NO3. The maximum Gasteiger partial charge on any atom is 0.391 e. The molecule has 0 saturated carbocycles. The Labute approximate surface area is 97.2 Å². The topological polar surface area (TPSA) is 66.4 Å². The molecule has 17 heavy (non-hydrogen) atoms. The molecule has 0 aromatic heterocycles. The van der Waals surface area contributed by atoms with Crippen molar-refractivity contribution in [1.82, 2.24) is 5.32 Å². The second kappa shape index (κ2) is 7.13. The number of aliphatic carboxylic acids is 1. The molecule has 0 aromatic rings. The third-order valence-electron chi connectivity index (χ3n) is 1.99. The molecule has 2 N–H and O–H groups in total. The number of unbranched alkanes of at least 4 members (excludes halogenated alkanes) is 1. The van der Waals surface area contributed by atoms with Gasteiger partial charge in [-0.1, -0.05) is 0 Å². The van der Waals surface area contributed by atoms with Crippen LogP contribution in [0.4, 0.5) is 13.2 Å². The minimum atomic E-state index is -4.30. The zero-order valence-electron chi connectivity index (χ0n) is 9.51. The molecule has 0 heterocycles. The van der Waals surface area contributed by atoms with E-state index in [0.29, 0.717) is 12.8 Å². The molecule has 100 valence electrons. The maximum atomic E-state index is 11.9. The largest absolute Gasteiger partial charge is 0.481 e. The number of carboxylic acids is 1. The Morgan fingerprint density at radius 1 is 1.24 bits per heavy atom. The number of alkyl halides is 3. The summed E-state index contributed by atoms with van der Waals surface area (Å²) in [6.45, 7) is 1.28. The number of hydrogen-bond acceptors (Lipinski definition) is 2. The van der Waals surface area contributed by atoms with E-state index in [9.17, 15) is 22.8 Å². The van der Waals surface area contributed by atoms with Crippen LogP contribution in [0.5, 0.6) is 0 Å². The van der Waals surface area contributed by atoms with Crippen molar-refractivity contribution in [3.05, 3.63) is 0 Å². The van der Waals surface area contributed by atoms with E-state index < -0.39 is 30.5 Å². The van der Waals surface area contributed by atoms with Gasteiger partial charge >= 0.3 is 12.1 Å². The molecular weight excluding hydrogens is 239 g/mol. The third kappa shape index (κ3) is 11.0. The predicted molar refractivity (Wildman–Crippen MR) is 54.4 cm³/mol. The van der Waals surface area contributed by atoms with Crippen molar-refractivity contribution < 1.29 is 27.9 Å². The summed E-state index contributed by atoms with van der Waals surface area (Å²) >= 11 is 0. The first-order valence-electron chi connectivity index (χ1n) is 5.28. The molecule has 0 rings (SSSR count). The van der Waals surface area contributed by atoms with Crippen LogP contribution < -0.4 is 5.32 Å². The van der Waals surface area contributed by atoms with Gasteiger partial charge in [-0.15, -0.1) is 0 Å². The summed E-state index contributed by atoms with van der Waals surface area (Å²) in [4.78, 5) is 21.3. The lowest BCUT2D eigenvalue weighted by molar-refractivity contribution is -0.142. The Bertz CT molecular complexity index is 266. The third-order valence-corrected chi connectivity index (χ3v) is 1.99. The molecule has 0 aliphatic heterocycles. The Hall–Kier alpha value is -1.27. The highest BCUT2D eigenvalue weighted by Crippen LogP contribution is 2.21. The second-order valence-corrected chi connectivity index (χ2v) is 3.89. The lowest BCUT2D eigenvalue weighted by Gasteiger charge is -2.15. The maximum absolute atomic E-state index is 11.9. The van der Waals surface area contributed by atoms with E-state index in [1.54, 1.807) is 0 Å². The van der Waals surface area contributed by atoms with E-state index in [1.807, 2.05) is 0 Å². The van der Waals surface area contributed by atoms with E-state index >= 15 is 0 Å². The summed E-state index contributed by atoms with van der Waals surface area (Å²) in [5.41, 5.74) is 0. The van der Waals surface area contributed by atoms with Gasteiger partial charge in [-0.2, -0.15) is 13.2 Å². The second-order valence-electron chi connectivity index (χ2n) is 3.89. The molecule has 0 spiro atoms. The van der Waals surface area contributed by atoms with Crippen LogP contribution in [-0.4, -0.2) is 29.2 Å². The molecule has 0 radical (unpaired) electrons. The van der Waals surface area contributed by atoms with Crippen molar-refractivity contribution in [1.29, 1.82) is 0 Å². The lowest BCUT2D eigenvalue weighted by Crippen LogP contribution is -2.35. The number of halogens is 3. The fraction of sp³-hybridized carbons (Fsp3) is 0.800. The van der Waals surface area contributed by atoms with Gasteiger partial charge in [0.15, 0.2) is 0 Å². The SMILES string of the molecule is CC(CC(F)(F)F)NC(=O)CCCCC(=O)O. The summed E-state index contributed by atoms with van der Waals surface area (Å²) < 4.78 is 35.8. The number of carboxylic acid groups (broad SMARTS) is 1. The Balaban J connectivity index is 3.68. The molecule has 0 bridgehead atoms. The highest BCUT2D eigenvalue weighted by molar-refractivity contribution is 5.76. The van der Waals surface area contributed by atoms with E-state index in [4.69, 9.17) is 5.11 Å². The first-order chi connectivity index (χ1) is 7.70. The average Bonchev–Trinajstić information content (AvgIpc) is 2.08. The number of carbonyl (C=O) groups excluding carboxylic acids is 1. The van der Waals surface area contributed by atoms with Crippen molar-refractivity contribution in [2.45, 2.75) is 51.2 Å². The molecule has 0 aliphatic carbocycles. The van der Waals surface area contributed by atoms with Crippen LogP contribution >= 0.6 is 0 Å². The fourth-order valence-corrected chi connectivity index (χ4v) is 1.31. The molecule has 1 unspecified atom stereocenters. The number of rotatable bonds is 7. The van der Waals surface area contributed by atoms with Crippen molar-refractivity contribution in [2.75, 3.05) is 0 Å². The Morgan fingerprint density at radius 2 is 1.76 bits per heavy atom. The van der Waals surface area contributed by atoms with E-state index in [1.165, 1.54) is 6.92 Å². The summed E-state index contributed by atoms with van der Waals surface area (Å²) in [6, 6.07) is -0.957. The smallest absolute Gasteiger partial charge is 0.391 e. The molecule has 7 heteroatoms. The van der Waals surface area contributed by atoms with Gasteiger partial charge in [-0.25, -0.2) is 0 Å². The number of carbonyl (C=O) groups is 2. The zero-order valence-corrected chi connectivity index (χ0v) is 9.51. The molecule has 4 nitrogen and oxygen atoms in total. The highest BCUT2D eigenvalue weighted by atomic mass is 19.4. The Kier molecular flexibility index (Phi) is 6.60. The highest BCUT2D eigenvalue weighted by Gasteiger charge is 2.30. The quantitative estimate of drug-likeness (QED) is 0.684. The van der Waals surface area contributed by atoms with Gasteiger partial charge in [0.2, 0.25) is 5.91 Å². The molecule has 0 saturated heterocycles. The van der Waals surface area contributed by atoms with Crippen molar-refractivity contribution in [2.24, 2.45) is 0 Å². The average molecular weight is 255 g/mol. The number of nitrogens with one attached hydrogen (secondary N) is 1. The summed E-state index contributed by atoms with van der Waals surface area (Å²) in [5, 5.41) is 10.5. The molecule has 1 atom stereocenters. The Morgan fingerprint density at radius 3 is 2.24 bits per heavy atom. The molecule has 0 aromatic carbocycles. The van der Waals surface area contributed by atoms with Crippen LogP contribution in [0.3, 0.4) is 0 Å². The summed E-state index contributed by atoms with van der Waals surface area (Å²) in [5.74, 6) is -1.43. The van der Waals surface area contributed by atoms with Gasteiger partial charge in [0.25, 0.3) is 0 Å². The summed E-state index contributed by atoms with van der Waals surface area (Å²) in [6.07, 6.45) is -4.64. The van der Waals surface area contributed by atoms with Gasteiger partial charge < -0.3 is 10.4 Å². The molecule has 0 aliphatic rings. The monoisotopic (exact) mass is 255 g/mol. The van der Waals surface area contributed by atoms with Crippen molar-refractivity contribution >= 4 is 11.9 Å². The standard InChI is InChI=1S/C10H16F3NO3/c1-7(6-10(11,12)13)14-8(15)4-2-3-5-9(16)17/h7H,2-6H2,1H3,(H,14,15)(H,16,17). The van der Waals surface area contributed by atoms with Crippen molar-refractivity contribution in [3.63, 3.8) is 0 Å². The molecule has 1 amide bonds. The van der Waals surface area contributed by atoms with Crippen LogP contribution in [0, 0.1) is 0 Å². The van der Waals surface area contributed by atoms with Gasteiger partial charge in [0.1, 0.15) is 0 Å². The summed E-state index contributed by atoms with van der Waals surface area (Å²) in [7, 11) is 0. The van der Waals surface area contributed by atoms with E-state index in [0.717, 1.165) is 0 Å². The minimum absolute atomic E-state index is 0.0363. The van der Waals surface area contributed by atoms with E-state index in [2.05, 4.69) is 5.32 Å². The number of hydrogen-bond donors (Lipinski definition) is 2.